The lowest BCUT2D eigenvalue weighted by atomic mass is 9.95. The number of ether oxygens (including phenoxy) is 1. The minimum Gasteiger partial charge on any atom is -0.497 e. The first kappa shape index (κ1) is 20.3. The van der Waals surface area contributed by atoms with Crippen molar-refractivity contribution in [2.24, 2.45) is 0 Å². The maximum atomic E-state index is 12.3. The fraction of sp³-hybridized carbons (Fsp3) is 0.364. The van der Waals surface area contributed by atoms with Gasteiger partial charge in [-0.1, -0.05) is 31.0 Å². The molecule has 3 aromatic heterocycles. The van der Waals surface area contributed by atoms with Gasteiger partial charge in [0.25, 0.3) is 5.56 Å². The Morgan fingerprint density at radius 2 is 1.97 bits per heavy atom. The zero-order chi connectivity index (χ0) is 21.2. The van der Waals surface area contributed by atoms with Gasteiger partial charge in [-0.3, -0.25) is 13.8 Å². The molecule has 1 aromatic carbocycles. The molecule has 1 saturated carbocycles. The Morgan fingerprint density at radius 1 is 1.16 bits per heavy atom. The second kappa shape index (κ2) is 8.84. The van der Waals surface area contributed by atoms with Crippen LogP contribution < -0.4 is 10.3 Å². The Morgan fingerprint density at radius 3 is 2.74 bits per heavy atom. The summed E-state index contributed by atoms with van der Waals surface area (Å²) in [5, 5.41) is 11.8. The van der Waals surface area contributed by atoms with E-state index in [1.165, 1.54) is 30.6 Å². The smallest absolute Gasteiger partial charge is 0.258 e. The van der Waals surface area contributed by atoms with E-state index in [-0.39, 0.29) is 5.56 Å². The highest BCUT2D eigenvalue weighted by Crippen LogP contribution is 2.36. The largest absolute Gasteiger partial charge is 0.497 e. The van der Waals surface area contributed by atoms with Crippen LogP contribution in [0.1, 0.15) is 43.8 Å². The summed E-state index contributed by atoms with van der Waals surface area (Å²) in [5.74, 6) is 2.29. The average Bonchev–Trinajstić information content (AvgIpc) is 3.46. The predicted molar refractivity (Wildman–Crippen MR) is 123 cm³/mol. The van der Waals surface area contributed by atoms with Crippen molar-refractivity contribution in [2.75, 3.05) is 7.11 Å². The van der Waals surface area contributed by atoms with E-state index < -0.39 is 0 Å². The molecule has 0 spiro atoms. The molecule has 1 aliphatic carbocycles. The summed E-state index contributed by atoms with van der Waals surface area (Å²) >= 11 is 3.06. The van der Waals surface area contributed by atoms with Crippen molar-refractivity contribution in [3.8, 4) is 17.1 Å². The molecule has 0 unspecified atom stereocenters. The first-order chi connectivity index (χ1) is 15.2. The number of fused-ring (bicyclic) bond motifs is 1. The van der Waals surface area contributed by atoms with Gasteiger partial charge in [0.15, 0.2) is 15.9 Å². The van der Waals surface area contributed by atoms with Crippen LogP contribution in [0.2, 0.25) is 0 Å². The Bertz CT molecular complexity index is 1240. The van der Waals surface area contributed by atoms with Crippen LogP contribution in [-0.4, -0.2) is 31.3 Å². The van der Waals surface area contributed by atoms with Crippen LogP contribution in [0.15, 0.2) is 51.9 Å². The topological polar surface area (TPSA) is 74.3 Å². The molecular weight excluding hydrogens is 430 g/mol. The molecule has 0 amide bonds. The molecule has 0 aliphatic heterocycles. The standard InChI is InChI=1S/C22H23N5O2S2/c1-29-18-9-7-15(8-10-18)20-24-25-22(27(20)17-5-3-2-4-6-17)31-14-16-13-19(28)26-11-12-30-21(26)23-16/h7-13,17H,2-6,14H2,1H3. The zero-order valence-electron chi connectivity index (χ0n) is 17.2. The van der Waals surface area contributed by atoms with E-state index in [0.29, 0.717) is 11.8 Å². The van der Waals surface area contributed by atoms with Crippen LogP contribution in [0.3, 0.4) is 0 Å². The third-order valence-electron chi connectivity index (χ3n) is 5.66. The van der Waals surface area contributed by atoms with E-state index in [0.717, 1.165) is 45.8 Å². The third-order valence-corrected chi connectivity index (χ3v) is 7.39. The number of rotatable bonds is 6. The van der Waals surface area contributed by atoms with Crippen LogP contribution in [0.5, 0.6) is 5.75 Å². The van der Waals surface area contributed by atoms with Gasteiger partial charge in [0.05, 0.1) is 12.8 Å². The molecule has 160 valence electrons. The summed E-state index contributed by atoms with van der Waals surface area (Å²) in [7, 11) is 1.67. The number of aromatic nitrogens is 5. The number of nitrogens with zero attached hydrogens (tertiary/aromatic N) is 5. The van der Waals surface area contributed by atoms with Gasteiger partial charge in [-0.2, -0.15) is 0 Å². The van der Waals surface area contributed by atoms with Crippen LogP contribution in [0.4, 0.5) is 0 Å². The van der Waals surface area contributed by atoms with Crippen LogP contribution in [0, 0.1) is 0 Å². The molecule has 0 radical (unpaired) electrons. The average molecular weight is 454 g/mol. The molecule has 4 aromatic rings. The van der Waals surface area contributed by atoms with Crippen molar-refractivity contribution in [3.63, 3.8) is 0 Å². The Kier molecular flexibility index (Phi) is 5.78. The van der Waals surface area contributed by atoms with Gasteiger partial charge in [0.1, 0.15) is 5.75 Å². The molecule has 1 fully saturated rings. The highest BCUT2D eigenvalue weighted by molar-refractivity contribution is 7.98. The normalized spacial score (nSPS) is 14.9. The van der Waals surface area contributed by atoms with Crippen molar-refractivity contribution >= 4 is 28.1 Å². The van der Waals surface area contributed by atoms with E-state index in [1.54, 1.807) is 35.5 Å². The fourth-order valence-corrected chi connectivity index (χ4v) is 5.72. The summed E-state index contributed by atoms with van der Waals surface area (Å²) in [6, 6.07) is 9.97. The molecule has 3 heterocycles. The Labute approximate surface area is 188 Å². The van der Waals surface area contributed by atoms with Gasteiger partial charge in [0.2, 0.25) is 0 Å². The summed E-state index contributed by atoms with van der Waals surface area (Å²) in [6.07, 6.45) is 7.76. The van der Waals surface area contributed by atoms with Gasteiger partial charge in [0, 0.05) is 35.0 Å². The second-order valence-electron chi connectivity index (χ2n) is 7.63. The number of hydrogen-bond donors (Lipinski definition) is 0. The molecule has 0 bridgehead atoms. The lowest BCUT2D eigenvalue weighted by Crippen LogP contribution is -2.15. The van der Waals surface area contributed by atoms with E-state index in [1.807, 2.05) is 29.6 Å². The van der Waals surface area contributed by atoms with Crippen molar-refractivity contribution in [2.45, 2.75) is 49.1 Å². The number of thioether (sulfide) groups is 1. The van der Waals surface area contributed by atoms with Gasteiger partial charge >= 0.3 is 0 Å². The summed E-state index contributed by atoms with van der Waals surface area (Å²) in [6.45, 7) is 0. The minimum atomic E-state index is -0.0467. The molecule has 0 N–H and O–H groups in total. The number of benzene rings is 1. The van der Waals surface area contributed by atoms with E-state index in [4.69, 9.17) is 4.74 Å². The zero-order valence-corrected chi connectivity index (χ0v) is 18.9. The Hall–Kier alpha value is -2.65. The number of hydrogen-bond acceptors (Lipinski definition) is 7. The van der Waals surface area contributed by atoms with E-state index in [2.05, 4.69) is 19.7 Å². The quantitative estimate of drug-likeness (QED) is 0.390. The monoisotopic (exact) mass is 453 g/mol. The molecule has 1 aliphatic rings. The van der Waals surface area contributed by atoms with Crippen molar-refractivity contribution in [1.29, 1.82) is 0 Å². The molecule has 9 heteroatoms. The minimum absolute atomic E-state index is 0.0467. The van der Waals surface area contributed by atoms with Gasteiger partial charge in [-0.05, 0) is 37.1 Å². The molecule has 0 saturated heterocycles. The van der Waals surface area contributed by atoms with Crippen molar-refractivity contribution in [3.05, 3.63) is 58.0 Å². The molecule has 5 rings (SSSR count). The SMILES string of the molecule is COc1ccc(-c2nnc(SCc3cc(=O)n4ccsc4n3)n2C2CCCCC2)cc1. The lowest BCUT2D eigenvalue weighted by molar-refractivity contribution is 0.339. The van der Waals surface area contributed by atoms with Crippen LogP contribution in [-0.2, 0) is 5.75 Å². The highest BCUT2D eigenvalue weighted by Gasteiger charge is 2.24. The van der Waals surface area contributed by atoms with E-state index in [9.17, 15) is 4.79 Å². The maximum absolute atomic E-state index is 12.3. The maximum Gasteiger partial charge on any atom is 0.258 e. The van der Waals surface area contributed by atoms with Crippen LogP contribution >= 0.6 is 23.1 Å². The molecule has 0 atom stereocenters. The molecular formula is C22H23N5O2S2. The number of methoxy groups -OCH3 is 1. The summed E-state index contributed by atoms with van der Waals surface area (Å²) in [4.78, 5) is 17.6. The van der Waals surface area contributed by atoms with Crippen molar-refractivity contribution in [1.82, 2.24) is 24.1 Å². The third kappa shape index (κ3) is 4.12. The number of thiazole rings is 1. The first-order valence-corrected chi connectivity index (χ1v) is 12.3. The van der Waals surface area contributed by atoms with Crippen LogP contribution in [0.25, 0.3) is 16.3 Å². The van der Waals surface area contributed by atoms with Gasteiger partial charge in [-0.25, -0.2) is 4.98 Å². The molecule has 7 nitrogen and oxygen atoms in total. The summed E-state index contributed by atoms with van der Waals surface area (Å²) < 4.78 is 9.17. The fourth-order valence-electron chi connectivity index (χ4n) is 4.08. The lowest BCUT2D eigenvalue weighted by Gasteiger charge is -2.25. The van der Waals surface area contributed by atoms with E-state index >= 15 is 0 Å². The summed E-state index contributed by atoms with van der Waals surface area (Å²) in [5.41, 5.74) is 1.75. The molecule has 31 heavy (non-hydrogen) atoms. The Balaban J connectivity index is 1.46. The van der Waals surface area contributed by atoms with Gasteiger partial charge < -0.3 is 4.74 Å². The highest BCUT2D eigenvalue weighted by atomic mass is 32.2. The predicted octanol–water partition coefficient (Wildman–Crippen LogP) is 4.82. The van der Waals surface area contributed by atoms with Gasteiger partial charge in [-0.15, -0.1) is 21.5 Å². The second-order valence-corrected chi connectivity index (χ2v) is 9.44. The van der Waals surface area contributed by atoms with Crippen molar-refractivity contribution < 1.29 is 4.74 Å². The first-order valence-electron chi connectivity index (χ1n) is 10.4.